The first-order chi connectivity index (χ1) is 10.5. The van der Waals surface area contributed by atoms with Crippen LogP contribution >= 0.6 is 11.3 Å². The molecule has 0 saturated heterocycles. The lowest BCUT2D eigenvalue weighted by Gasteiger charge is -2.05. The number of aromatic nitrogens is 1. The zero-order chi connectivity index (χ0) is 15.6. The van der Waals surface area contributed by atoms with E-state index in [-0.39, 0.29) is 0 Å². The fraction of sp³-hybridized carbons (Fsp3) is 0.0667. The zero-order valence-electron chi connectivity index (χ0n) is 11.1. The summed E-state index contributed by atoms with van der Waals surface area (Å²) in [5, 5.41) is 4.62. The number of nitrogens with one attached hydrogen (secondary N) is 1. The molecule has 2 aromatic carbocycles. The van der Waals surface area contributed by atoms with E-state index in [9.17, 15) is 13.2 Å². The summed E-state index contributed by atoms with van der Waals surface area (Å²) in [6.45, 7) is 0. The number of nitrogens with zero attached hydrogens (tertiary/aromatic N) is 2. The van der Waals surface area contributed by atoms with Crippen molar-refractivity contribution in [3.8, 4) is 0 Å². The van der Waals surface area contributed by atoms with Crippen molar-refractivity contribution >= 4 is 32.9 Å². The van der Waals surface area contributed by atoms with Crippen LogP contribution in [0.2, 0.25) is 0 Å². The quantitative estimate of drug-likeness (QED) is 0.558. The lowest BCUT2D eigenvalue weighted by Crippen LogP contribution is -2.04. The molecule has 0 aliphatic heterocycles. The number of halogens is 3. The minimum atomic E-state index is -4.32. The van der Waals surface area contributed by atoms with Crippen molar-refractivity contribution in [1.82, 2.24) is 4.98 Å². The minimum Gasteiger partial charge on any atom is -0.253 e. The molecule has 0 bridgehead atoms. The second-order valence-electron chi connectivity index (χ2n) is 4.48. The van der Waals surface area contributed by atoms with Gasteiger partial charge in [-0.05, 0) is 29.8 Å². The summed E-state index contributed by atoms with van der Waals surface area (Å²) >= 11 is 1.45. The molecule has 3 aromatic rings. The van der Waals surface area contributed by atoms with E-state index in [1.165, 1.54) is 29.7 Å². The second kappa shape index (κ2) is 5.76. The van der Waals surface area contributed by atoms with Gasteiger partial charge in [-0.3, -0.25) is 5.43 Å². The number of benzene rings is 2. The third kappa shape index (κ3) is 3.25. The number of para-hydroxylation sites is 1. The Balaban J connectivity index is 1.69. The molecule has 0 aliphatic rings. The number of fused-ring (bicyclic) bond motifs is 1. The molecular weight excluding hydrogens is 311 g/mol. The van der Waals surface area contributed by atoms with Gasteiger partial charge in [0.1, 0.15) is 0 Å². The maximum atomic E-state index is 12.4. The Morgan fingerprint density at radius 2 is 1.77 bits per heavy atom. The predicted molar refractivity (Wildman–Crippen MR) is 82.3 cm³/mol. The van der Waals surface area contributed by atoms with E-state index in [1.54, 1.807) is 0 Å². The van der Waals surface area contributed by atoms with Gasteiger partial charge in [-0.1, -0.05) is 35.6 Å². The van der Waals surface area contributed by atoms with Gasteiger partial charge in [0.2, 0.25) is 5.13 Å². The Labute approximate surface area is 128 Å². The van der Waals surface area contributed by atoms with Gasteiger partial charge in [-0.2, -0.15) is 18.3 Å². The molecule has 1 aromatic heterocycles. The third-order valence-corrected chi connectivity index (χ3v) is 3.85. The van der Waals surface area contributed by atoms with Crippen LogP contribution in [0.3, 0.4) is 0 Å². The summed E-state index contributed by atoms with van der Waals surface area (Å²) in [4.78, 5) is 4.34. The number of alkyl halides is 3. The van der Waals surface area contributed by atoms with Gasteiger partial charge in [-0.25, -0.2) is 4.98 Å². The van der Waals surface area contributed by atoms with E-state index in [4.69, 9.17) is 0 Å². The lowest BCUT2D eigenvalue weighted by molar-refractivity contribution is -0.137. The first kappa shape index (κ1) is 14.5. The maximum Gasteiger partial charge on any atom is 0.416 e. The molecule has 0 saturated carbocycles. The van der Waals surface area contributed by atoms with Gasteiger partial charge in [0.25, 0.3) is 0 Å². The molecule has 7 heteroatoms. The number of rotatable bonds is 3. The topological polar surface area (TPSA) is 37.3 Å². The molecule has 0 spiro atoms. The molecule has 1 N–H and O–H groups in total. The summed E-state index contributed by atoms with van der Waals surface area (Å²) in [7, 11) is 0. The van der Waals surface area contributed by atoms with E-state index in [2.05, 4.69) is 15.5 Å². The summed E-state index contributed by atoms with van der Waals surface area (Å²) in [6.07, 6.45) is -2.87. The van der Waals surface area contributed by atoms with Crippen molar-refractivity contribution in [2.75, 3.05) is 5.43 Å². The van der Waals surface area contributed by atoms with E-state index >= 15 is 0 Å². The fourth-order valence-electron chi connectivity index (χ4n) is 1.84. The number of anilines is 1. The van der Waals surface area contributed by atoms with Crippen LogP contribution in [0.5, 0.6) is 0 Å². The average molecular weight is 321 g/mol. The van der Waals surface area contributed by atoms with Gasteiger partial charge < -0.3 is 0 Å². The van der Waals surface area contributed by atoms with Crippen LogP contribution in [0.25, 0.3) is 10.2 Å². The van der Waals surface area contributed by atoms with Crippen LogP contribution < -0.4 is 5.43 Å². The highest BCUT2D eigenvalue weighted by Gasteiger charge is 2.29. The van der Waals surface area contributed by atoms with Crippen molar-refractivity contribution in [3.05, 3.63) is 59.7 Å². The van der Waals surface area contributed by atoms with E-state index in [0.717, 1.165) is 22.3 Å². The van der Waals surface area contributed by atoms with Crippen molar-refractivity contribution in [2.24, 2.45) is 5.10 Å². The van der Waals surface area contributed by atoms with Crippen molar-refractivity contribution in [3.63, 3.8) is 0 Å². The van der Waals surface area contributed by atoms with Crippen LogP contribution in [0.15, 0.2) is 53.6 Å². The van der Waals surface area contributed by atoms with Crippen LogP contribution in [0.1, 0.15) is 11.1 Å². The Hall–Kier alpha value is -2.41. The highest BCUT2D eigenvalue weighted by molar-refractivity contribution is 7.22. The first-order valence-corrected chi connectivity index (χ1v) is 7.16. The Morgan fingerprint density at radius 3 is 2.45 bits per heavy atom. The van der Waals surface area contributed by atoms with Crippen LogP contribution in [0.4, 0.5) is 18.3 Å². The standard InChI is InChI=1S/C15H10F3N3S/c16-15(17,18)11-7-5-10(6-8-11)9-19-21-14-20-12-3-1-2-4-13(12)22-14/h1-9H,(H,20,21)/b19-9-. The molecule has 0 amide bonds. The Kier molecular flexibility index (Phi) is 3.81. The molecule has 0 fully saturated rings. The van der Waals surface area contributed by atoms with E-state index in [0.29, 0.717) is 10.7 Å². The van der Waals surface area contributed by atoms with E-state index in [1.807, 2.05) is 24.3 Å². The molecule has 112 valence electrons. The molecule has 0 unspecified atom stereocenters. The normalized spacial score (nSPS) is 12.1. The largest absolute Gasteiger partial charge is 0.416 e. The molecule has 22 heavy (non-hydrogen) atoms. The number of hydrogen-bond acceptors (Lipinski definition) is 4. The average Bonchev–Trinajstić information content (AvgIpc) is 2.89. The van der Waals surface area contributed by atoms with Crippen LogP contribution in [-0.2, 0) is 6.18 Å². The SMILES string of the molecule is FC(F)(F)c1ccc(/C=N\Nc2nc3ccccc3s2)cc1. The zero-order valence-corrected chi connectivity index (χ0v) is 11.9. The van der Waals surface area contributed by atoms with Gasteiger partial charge in [-0.15, -0.1) is 0 Å². The minimum absolute atomic E-state index is 0.571. The Morgan fingerprint density at radius 1 is 1.05 bits per heavy atom. The van der Waals surface area contributed by atoms with Gasteiger partial charge in [0, 0.05) is 0 Å². The smallest absolute Gasteiger partial charge is 0.253 e. The van der Waals surface area contributed by atoms with Gasteiger partial charge >= 0.3 is 6.18 Å². The highest BCUT2D eigenvalue weighted by Crippen LogP contribution is 2.29. The molecule has 0 aliphatic carbocycles. The predicted octanol–water partition coefficient (Wildman–Crippen LogP) is 4.76. The number of thiazole rings is 1. The van der Waals surface area contributed by atoms with Gasteiger partial charge in [0.05, 0.1) is 22.0 Å². The highest BCUT2D eigenvalue weighted by atomic mass is 32.1. The third-order valence-electron chi connectivity index (χ3n) is 2.91. The van der Waals surface area contributed by atoms with Crippen molar-refractivity contribution in [2.45, 2.75) is 6.18 Å². The van der Waals surface area contributed by atoms with Crippen LogP contribution in [0, 0.1) is 0 Å². The molecule has 3 rings (SSSR count). The summed E-state index contributed by atoms with van der Waals surface area (Å²) < 4.78 is 38.4. The lowest BCUT2D eigenvalue weighted by atomic mass is 10.1. The molecular formula is C15H10F3N3S. The molecule has 1 heterocycles. The van der Waals surface area contributed by atoms with E-state index < -0.39 is 11.7 Å². The molecule has 3 nitrogen and oxygen atoms in total. The number of hydrazone groups is 1. The van der Waals surface area contributed by atoms with Crippen molar-refractivity contribution < 1.29 is 13.2 Å². The fourth-order valence-corrected chi connectivity index (χ4v) is 2.66. The maximum absolute atomic E-state index is 12.4. The number of hydrogen-bond donors (Lipinski definition) is 1. The second-order valence-corrected chi connectivity index (χ2v) is 5.51. The Bertz CT molecular complexity index is 774. The monoisotopic (exact) mass is 321 g/mol. The summed E-state index contributed by atoms with van der Waals surface area (Å²) in [6, 6.07) is 12.5. The van der Waals surface area contributed by atoms with Crippen molar-refractivity contribution in [1.29, 1.82) is 0 Å². The first-order valence-electron chi connectivity index (χ1n) is 6.34. The summed E-state index contributed by atoms with van der Waals surface area (Å²) in [5.41, 5.74) is 3.55. The summed E-state index contributed by atoms with van der Waals surface area (Å²) in [5.74, 6) is 0. The molecule has 0 atom stereocenters. The van der Waals surface area contributed by atoms with Crippen LogP contribution in [-0.4, -0.2) is 11.2 Å². The van der Waals surface area contributed by atoms with Gasteiger partial charge in [0.15, 0.2) is 0 Å². The molecule has 0 radical (unpaired) electrons.